The predicted octanol–water partition coefficient (Wildman–Crippen LogP) is 2.52. The summed E-state index contributed by atoms with van der Waals surface area (Å²) >= 11 is 0. The van der Waals surface area contributed by atoms with Crippen LogP contribution in [-0.4, -0.2) is 73.3 Å². The van der Waals surface area contributed by atoms with Crippen LogP contribution >= 0.6 is 0 Å². The Bertz CT molecular complexity index is 936. The Hall–Kier alpha value is -2.41. The summed E-state index contributed by atoms with van der Waals surface area (Å²) in [4.78, 5) is 44.9. The summed E-state index contributed by atoms with van der Waals surface area (Å²) in [6.07, 6.45) is 7.77. The number of para-hydroxylation sites is 1. The van der Waals surface area contributed by atoms with E-state index >= 15 is 0 Å². The number of nitrogens with zero attached hydrogens (tertiary/aromatic N) is 3. The van der Waals surface area contributed by atoms with E-state index in [1.807, 2.05) is 30.3 Å². The second-order valence-corrected chi connectivity index (χ2v) is 11.9. The van der Waals surface area contributed by atoms with Gasteiger partial charge in [-0.25, -0.2) is 0 Å². The van der Waals surface area contributed by atoms with Crippen molar-refractivity contribution < 1.29 is 14.4 Å². The molecule has 2 heterocycles. The van der Waals surface area contributed by atoms with E-state index in [1.54, 1.807) is 4.90 Å². The average molecular weight is 479 g/mol. The topological polar surface area (TPSA) is 73.0 Å². The molecule has 1 N–H and O–H groups in total. The summed E-state index contributed by atoms with van der Waals surface area (Å²) in [6.45, 7) is 5.16. The lowest BCUT2D eigenvalue weighted by Crippen LogP contribution is -2.58. The Kier molecular flexibility index (Phi) is 6.07. The number of amides is 3. The Morgan fingerprint density at radius 1 is 0.914 bits per heavy atom. The van der Waals surface area contributed by atoms with Crippen molar-refractivity contribution in [2.24, 2.45) is 29.1 Å². The molecule has 1 aromatic carbocycles. The first-order valence-electron chi connectivity index (χ1n) is 13.6. The van der Waals surface area contributed by atoms with E-state index in [9.17, 15) is 14.4 Å². The van der Waals surface area contributed by atoms with Crippen LogP contribution in [0.15, 0.2) is 30.3 Å². The van der Waals surface area contributed by atoms with Gasteiger partial charge in [0.15, 0.2) is 0 Å². The molecule has 2 aliphatic heterocycles. The summed E-state index contributed by atoms with van der Waals surface area (Å²) in [5, 5.41) is 3.05. The summed E-state index contributed by atoms with van der Waals surface area (Å²) < 4.78 is 0. The smallest absolute Gasteiger partial charge is 0.228 e. The quantitative estimate of drug-likeness (QED) is 0.682. The molecule has 4 saturated carbocycles. The van der Waals surface area contributed by atoms with Crippen LogP contribution in [0.4, 0.5) is 5.69 Å². The fraction of sp³-hybridized carbons (Fsp3) is 0.679. The second-order valence-electron chi connectivity index (χ2n) is 11.9. The van der Waals surface area contributed by atoms with E-state index in [2.05, 4.69) is 15.1 Å². The van der Waals surface area contributed by atoms with Crippen molar-refractivity contribution in [3.05, 3.63) is 30.3 Å². The van der Waals surface area contributed by atoms with Crippen molar-refractivity contribution >= 4 is 23.4 Å². The van der Waals surface area contributed by atoms with Crippen molar-refractivity contribution in [3.8, 4) is 0 Å². The fourth-order valence-corrected chi connectivity index (χ4v) is 8.10. The number of benzene rings is 1. The number of hydrogen-bond acceptors (Lipinski definition) is 4. The van der Waals surface area contributed by atoms with Crippen LogP contribution in [0.25, 0.3) is 0 Å². The summed E-state index contributed by atoms with van der Waals surface area (Å²) in [7, 11) is 0. The van der Waals surface area contributed by atoms with Crippen LogP contribution in [0.1, 0.15) is 44.9 Å². The molecular weight excluding hydrogens is 440 g/mol. The van der Waals surface area contributed by atoms with Gasteiger partial charge in [-0.3, -0.25) is 19.3 Å². The Morgan fingerprint density at radius 2 is 1.54 bits per heavy atom. The molecule has 188 valence electrons. The minimum Gasteiger partial charge on any atom is -0.355 e. The molecule has 1 atom stereocenters. The van der Waals surface area contributed by atoms with Crippen LogP contribution in [0.3, 0.4) is 0 Å². The molecular formula is C28H38N4O3. The van der Waals surface area contributed by atoms with E-state index in [0.717, 1.165) is 75.4 Å². The molecule has 4 aliphatic carbocycles. The molecule has 1 aromatic rings. The van der Waals surface area contributed by atoms with Crippen molar-refractivity contribution in [2.45, 2.75) is 44.9 Å². The van der Waals surface area contributed by atoms with E-state index in [1.165, 1.54) is 19.3 Å². The Labute approximate surface area is 208 Å². The van der Waals surface area contributed by atoms with Gasteiger partial charge in [-0.15, -0.1) is 0 Å². The maximum Gasteiger partial charge on any atom is 0.228 e. The molecule has 7 nitrogen and oxygen atoms in total. The van der Waals surface area contributed by atoms with Crippen LogP contribution in [0.2, 0.25) is 0 Å². The van der Waals surface area contributed by atoms with Crippen LogP contribution in [0.5, 0.6) is 0 Å². The van der Waals surface area contributed by atoms with Gasteiger partial charge in [0.1, 0.15) is 0 Å². The predicted molar refractivity (Wildman–Crippen MR) is 134 cm³/mol. The first kappa shape index (κ1) is 23.0. The summed E-state index contributed by atoms with van der Waals surface area (Å²) in [5.41, 5.74) is 0.811. The van der Waals surface area contributed by atoms with Gasteiger partial charge in [0.25, 0.3) is 0 Å². The second kappa shape index (κ2) is 9.23. The number of anilines is 1. The SMILES string of the molecule is O=C(NCCN1CCN(C(=O)C23CC4CC(CC(C4)C2)C3)CC1)C1CC(=O)N(c2ccccc2)C1. The van der Waals surface area contributed by atoms with Crippen molar-refractivity contribution in [3.63, 3.8) is 0 Å². The standard InChI is InChI=1S/C28H38N4O3/c33-25-15-23(19-32(25)24-4-2-1-3-5-24)26(34)29-6-7-30-8-10-31(11-9-30)27(35)28-16-20-12-21(17-28)14-22(13-20)18-28/h1-5,20-23H,6-19H2,(H,29,34). The maximum absolute atomic E-state index is 13.6. The van der Waals surface area contributed by atoms with Gasteiger partial charge < -0.3 is 15.1 Å². The maximum atomic E-state index is 13.6. The van der Waals surface area contributed by atoms with Crippen LogP contribution in [-0.2, 0) is 14.4 Å². The van der Waals surface area contributed by atoms with Gasteiger partial charge in [-0.2, -0.15) is 0 Å². The number of carbonyl (C=O) groups is 3. The molecule has 0 radical (unpaired) electrons. The molecule has 0 spiro atoms. The molecule has 0 aromatic heterocycles. The average Bonchev–Trinajstić information content (AvgIpc) is 3.25. The molecule has 6 fully saturated rings. The van der Waals surface area contributed by atoms with Crippen LogP contribution < -0.4 is 10.2 Å². The molecule has 7 heteroatoms. The largest absolute Gasteiger partial charge is 0.355 e. The molecule has 6 aliphatic rings. The normalized spacial score (nSPS) is 34.5. The van der Waals surface area contributed by atoms with Crippen molar-refractivity contribution in [1.29, 1.82) is 0 Å². The van der Waals surface area contributed by atoms with Gasteiger partial charge in [0.05, 0.1) is 11.3 Å². The first-order valence-corrected chi connectivity index (χ1v) is 13.6. The molecule has 35 heavy (non-hydrogen) atoms. The molecule has 3 amide bonds. The van der Waals surface area contributed by atoms with E-state index in [0.29, 0.717) is 19.0 Å². The van der Waals surface area contributed by atoms with E-state index < -0.39 is 0 Å². The van der Waals surface area contributed by atoms with Gasteiger partial charge in [0, 0.05) is 57.9 Å². The van der Waals surface area contributed by atoms with Crippen molar-refractivity contribution in [1.82, 2.24) is 15.1 Å². The number of hydrogen-bond donors (Lipinski definition) is 1. The Balaban J connectivity index is 0.940. The monoisotopic (exact) mass is 478 g/mol. The summed E-state index contributed by atoms with van der Waals surface area (Å²) in [6, 6.07) is 9.56. The Morgan fingerprint density at radius 3 is 2.17 bits per heavy atom. The summed E-state index contributed by atoms with van der Waals surface area (Å²) in [5.74, 6) is 2.51. The van der Waals surface area contributed by atoms with Crippen LogP contribution in [0, 0.1) is 29.1 Å². The lowest BCUT2D eigenvalue weighted by atomic mass is 9.49. The highest BCUT2D eigenvalue weighted by Crippen LogP contribution is 2.60. The molecule has 7 rings (SSSR count). The lowest BCUT2D eigenvalue weighted by molar-refractivity contribution is -0.159. The third kappa shape index (κ3) is 4.48. The van der Waals surface area contributed by atoms with Gasteiger partial charge in [-0.05, 0) is 68.4 Å². The lowest BCUT2D eigenvalue weighted by Gasteiger charge is -2.57. The number of piperazine rings is 1. The van der Waals surface area contributed by atoms with Gasteiger partial charge >= 0.3 is 0 Å². The first-order chi connectivity index (χ1) is 17.0. The van der Waals surface area contributed by atoms with Crippen molar-refractivity contribution in [2.75, 3.05) is 50.7 Å². The fourth-order valence-electron chi connectivity index (χ4n) is 8.10. The number of nitrogens with one attached hydrogen (secondary N) is 1. The minimum atomic E-state index is -0.294. The number of rotatable bonds is 6. The van der Waals surface area contributed by atoms with E-state index in [4.69, 9.17) is 0 Å². The number of carbonyl (C=O) groups excluding carboxylic acids is 3. The highest BCUT2D eigenvalue weighted by Gasteiger charge is 2.55. The molecule has 2 saturated heterocycles. The van der Waals surface area contributed by atoms with Gasteiger partial charge in [0.2, 0.25) is 17.7 Å². The van der Waals surface area contributed by atoms with E-state index in [-0.39, 0.29) is 29.6 Å². The zero-order chi connectivity index (χ0) is 24.0. The highest BCUT2D eigenvalue weighted by atomic mass is 16.2. The third-order valence-corrected chi connectivity index (χ3v) is 9.44. The molecule has 1 unspecified atom stereocenters. The molecule has 4 bridgehead atoms. The zero-order valence-electron chi connectivity index (χ0n) is 20.7. The third-order valence-electron chi connectivity index (χ3n) is 9.44. The zero-order valence-corrected chi connectivity index (χ0v) is 20.7. The minimum absolute atomic E-state index is 0.0103. The van der Waals surface area contributed by atoms with Gasteiger partial charge in [-0.1, -0.05) is 18.2 Å². The highest BCUT2D eigenvalue weighted by molar-refractivity contribution is 6.00.